The summed E-state index contributed by atoms with van der Waals surface area (Å²) in [5.41, 5.74) is 0.998. The summed E-state index contributed by atoms with van der Waals surface area (Å²) in [7, 11) is -2.22. The molecule has 1 saturated heterocycles. The van der Waals surface area contributed by atoms with Crippen LogP contribution >= 0.6 is 23.2 Å². The fourth-order valence-corrected chi connectivity index (χ4v) is 5.46. The average molecular weight is 481 g/mol. The van der Waals surface area contributed by atoms with Gasteiger partial charge in [-0.3, -0.25) is 4.79 Å². The first-order valence-corrected chi connectivity index (χ1v) is 12.0. The summed E-state index contributed by atoms with van der Waals surface area (Å²) in [5.74, 6) is -0.288. The van der Waals surface area contributed by atoms with Crippen molar-refractivity contribution in [1.82, 2.24) is 14.2 Å². The van der Waals surface area contributed by atoms with E-state index in [2.05, 4.69) is 4.98 Å². The number of carbonyl (C=O) groups is 1. The maximum Gasteiger partial charge on any atom is 0.276 e. The minimum atomic E-state index is -3.90. The highest BCUT2D eigenvalue weighted by atomic mass is 35.5. The third-order valence-corrected chi connectivity index (χ3v) is 7.82. The van der Waals surface area contributed by atoms with E-state index >= 15 is 0 Å². The molecule has 10 heteroatoms. The number of piperidine rings is 1. The van der Waals surface area contributed by atoms with E-state index in [1.807, 2.05) is 30.3 Å². The van der Waals surface area contributed by atoms with E-state index in [0.717, 1.165) is 5.56 Å². The van der Waals surface area contributed by atoms with Crippen LogP contribution in [0.25, 0.3) is 10.9 Å². The van der Waals surface area contributed by atoms with Crippen molar-refractivity contribution in [3.8, 4) is 0 Å². The van der Waals surface area contributed by atoms with E-state index in [9.17, 15) is 13.2 Å². The van der Waals surface area contributed by atoms with Gasteiger partial charge in [-0.25, -0.2) is 5.14 Å². The van der Waals surface area contributed by atoms with Crippen molar-refractivity contribution in [2.24, 2.45) is 5.14 Å². The molecule has 7 nitrogen and oxygen atoms in total. The molecule has 1 unspecified atom stereocenters. The van der Waals surface area contributed by atoms with Crippen LogP contribution in [-0.2, 0) is 15.7 Å². The lowest BCUT2D eigenvalue weighted by atomic mass is 9.81. The molecule has 1 aliphatic heterocycles. The number of nitrogens with one attached hydrogen (secondary N) is 1. The Kier molecular flexibility index (Phi) is 5.78. The van der Waals surface area contributed by atoms with Crippen LogP contribution in [0.2, 0.25) is 10.0 Å². The van der Waals surface area contributed by atoms with E-state index in [1.54, 1.807) is 30.1 Å². The molecule has 1 amide bonds. The lowest BCUT2D eigenvalue weighted by Crippen LogP contribution is -2.58. The van der Waals surface area contributed by atoms with Crippen LogP contribution in [0.3, 0.4) is 0 Å². The second-order valence-corrected chi connectivity index (χ2v) is 10.1. The van der Waals surface area contributed by atoms with Crippen LogP contribution in [0.15, 0.2) is 48.5 Å². The van der Waals surface area contributed by atoms with Crippen molar-refractivity contribution < 1.29 is 13.2 Å². The van der Waals surface area contributed by atoms with Crippen molar-refractivity contribution in [3.05, 3.63) is 69.8 Å². The number of halogens is 2. The highest BCUT2D eigenvalue weighted by molar-refractivity contribution is 7.86. The number of rotatable bonds is 4. The number of aromatic nitrogens is 1. The molecule has 0 bridgehead atoms. The fraction of sp³-hybridized carbons (Fsp3) is 0.286. The molecule has 2 aromatic carbocycles. The Morgan fingerprint density at radius 3 is 2.58 bits per heavy atom. The maximum atomic E-state index is 13.6. The Balaban J connectivity index is 1.78. The molecule has 164 valence electrons. The van der Waals surface area contributed by atoms with Gasteiger partial charge in [-0.05, 0) is 36.6 Å². The van der Waals surface area contributed by atoms with Crippen molar-refractivity contribution in [2.75, 3.05) is 20.1 Å². The number of nitrogens with zero attached hydrogens (tertiary/aromatic N) is 2. The van der Waals surface area contributed by atoms with E-state index in [4.69, 9.17) is 28.3 Å². The number of nitrogens with two attached hydrogens (primary N) is 1. The molecule has 1 atom stereocenters. The summed E-state index contributed by atoms with van der Waals surface area (Å²) in [6.45, 7) is 0.390. The molecule has 2 heterocycles. The smallest absolute Gasteiger partial charge is 0.276 e. The molecule has 3 aromatic rings. The standard InChI is InChI=1S/C21H22Cl2N4O3S/c1-26(20(28)18-12-15-17(25-18)9-8-16(22)19(15)23)21(14-6-3-2-4-7-14)10-5-11-27(13-21)31(24,29)30/h2-4,6-9,12,25H,5,10-11,13H2,1H3,(H2,24,29,30). The van der Waals surface area contributed by atoms with Crippen molar-refractivity contribution >= 4 is 50.2 Å². The number of fused-ring (bicyclic) bond motifs is 1. The van der Waals surface area contributed by atoms with Gasteiger partial charge < -0.3 is 9.88 Å². The highest BCUT2D eigenvalue weighted by Crippen LogP contribution is 2.39. The number of benzene rings is 2. The summed E-state index contributed by atoms with van der Waals surface area (Å²) in [6, 6.07) is 14.5. The number of hydrogen-bond donors (Lipinski definition) is 2. The van der Waals surface area contributed by atoms with Crippen molar-refractivity contribution in [2.45, 2.75) is 18.4 Å². The molecular weight excluding hydrogens is 459 g/mol. The summed E-state index contributed by atoms with van der Waals surface area (Å²) in [6.07, 6.45) is 1.16. The van der Waals surface area contributed by atoms with Crippen LogP contribution in [0.5, 0.6) is 0 Å². The normalized spacial score (nSPS) is 20.1. The Morgan fingerprint density at radius 2 is 1.90 bits per heavy atom. The zero-order chi connectivity index (χ0) is 22.4. The van der Waals surface area contributed by atoms with Crippen LogP contribution < -0.4 is 5.14 Å². The van der Waals surface area contributed by atoms with Crippen LogP contribution in [0.4, 0.5) is 0 Å². The van der Waals surface area contributed by atoms with Gasteiger partial charge in [0.2, 0.25) is 0 Å². The van der Waals surface area contributed by atoms with Crippen molar-refractivity contribution in [3.63, 3.8) is 0 Å². The first-order chi connectivity index (χ1) is 14.6. The Bertz CT molecular complexity index is 1250. The molecule has 0 radical (unpaired) electrons. The van der Waals surface area contributed by atoms with Crippen molar-refractivity contribution in [1.29, 1.82) is 0 Å². The van der Waals surface area contributed by atoms with Gasteiger partial charge >= 0.3 is 0 Å². The first-order valence-electron chi connectivity index (χ1n) is 9.72. The zero-order valence-corrected chi connectivity index (χ0v) is 19.1. The second-order valence-electron chi connectivity index (χ2n) is 7.75. The van der Waals surface area contributed by atoms with Crippen LogP contribution in [-0.4, -0.2) is 48.7 Å². The number of aromatic amines is 1. The highest BCUT2D eigenvalue weighted by Gasteiger charge is 2.45. The van der Waals surface area contributed by atoms with Gasteiger partial charge in [-0.15, -0.1) is 0 Å². The lowest BCUT2D eigenvalue weighted by Gasteiger charge is -2.47. The number of likely N-dealkylation sites (N-methyl/N-ethyl adjacent to an activating group) is 1. The largest absolute Gasteiger partial charge is 0.350 e. The van der Waals surface area contributed by atoms with Gasteiger partial charge in [-0.1, -0.05) is 53.5 Å². The van der Waals surface area contributed by atoms with E-state index in [-0.39, 0.29) is 12.5 Å². The van der Waals surface area contributed by atoms with E-state index in [1.165, 1.54) is 4.31 Å². The summed E-state index contributed by atoms with van der Waals surface area (Å²) >= 11 is 12.4. The molecule has 31 heavy (non-hydrogen) atoms. The van der Waals surface area contributed by atoms with Gasteiger partial charge in [0.05, 0.1) is 15.6 Å². The van der Waals surface area contributed by atoms with E-state index < -0.39 is 15.7 Å². The second kappa shape index (κ2) is 8.11. The summed E-state index contributed by atoms with van der Waals surface area (Å²) in [5, 5.41) is 6.86. The molecular formula is C21H22Cl2N4O3S. The van der Waals surface area contributed by atoms with Gasteiger partial charge in [0.25, 0.3) is 16.1 Å². The number of H-pyrrole nitrogens is 1. The minimum absolute atomic E-state index is 0.0743. The van der Waals surface area contributed by atoms with Gasteiger partial charge in [-0.2, -0.15) is 12.7 Å². The third-order valence-electron chi connectivity index (χ3n) is 5.97. The molecule has 0 aliphatic carbocycles. The maximum absolute atomic E-state index is 13.6. The van der Waals surface area contributed by atoms with Gasteiger partial charge in [0, 0.05) is 31.0 Å². The Labute approximate surface area is 190 Å². The topological polar surface area (TPSA) is 99.5 Å². The summed E-state index contributed by atoms with van der Waals surface area (Å²) in [4.78, 5) is 18.3. The SMILES string of the molecule is CN(C(=O)c1cc2c(Cl)c(Cl)ccc2[nH]1)C1(c2ccccc2)CCCN(S(N)(=O)=O)C1. The van der Waals surface area contributed by atoms with Crippen LogP contribution in [0, 0.1) is 0 Å². The number of amides is 1. The van der Waals surface area contributed by atoms with Crippen LogP contribution in [0.1, 0.15) is 28.9 Å². The molecule has 0 spiro atoms. The first kappa shape index (κ1) is 22.1. The molecule has 1 aliphatic rings. The fourth-order valence-electron chi connectivity index (χ4n) is 4.30. The lowest BCUT2D eigenvalue weighted by molar-refractivity contribution is 0.0360. The molecule has 1 aromatic heterocycles. The van der Waals surface area contributed by atoms with E-state index in [0.29, 0.717) is 46.0 Å². The monoisotopic (exact) mass is 480 g/mol. The van der Waals surface area contributed by atoms with Gasteiger partial charge in [0.1, 0.15) is 5.69 Å². The quantitative estimate of drug-likeness (QED) is 0.594. The third kappa shape index (κ3) is 3.94. The summed E-state index contributed by atoms with van der Waals surface area (Å²) < 4.78 is 25.5. The molecule has 1 fully saturated rings. The number of carbonyl (C=O) groups excluding carboxylic acids is 1. The zero-order valence-electron chi connectivity index (χ0n) is 16.8. The Hall–Kier alpha value is -2.10. The molecule has 0 saturated carbocycles. The predicted molar refractivity (Wildman–Crippen MR) is 122 cm³/mol. The average Bonchev–Trinajstić information content (AvgIpc) is 3.20. The number of hydrogen-bond acceptors (Lipinski definition) is 3. The molecule has 4 rings (SSSR count). The Morgan fingerprint density at radius 1 is 1.19 bits per heavy atom. The molecule has 3 N–H and O–H groups in total. The minimum Gasteiger partial charge on any atom is -0.350 e. The predicted octanol–water partition coefficient (Wildman–Crippen LogP) is 3.74. The van der Waals surface area contributed by atoms with Gasteiger partial charge in [0.15, 0.2) is 0 Å².